The van der Waals surface area contributed by atoms with Crippen LogP contribution in [-0.2, 0) is 23.1 Å². The molecule has 2 N–H and O–H groups in total. The Labute approximate surface area is 104 Å². The summed E-state index contributed by atoms with van der Waals surface area (Å²) in [5.74, 6) is 0.919. The third-order valence-corrected chi connectivity index (χ3v) is 3.65. The highest BCUT2D eigenvalue weighted by atomic mass is 32.2. The summed E-state index contributed by atoms with van der Waals surface area (Å²) in [6.45, 7) is 4.30. The number of tetrazole rings is 1. The van der Waals surface area contributed by atoms with Gasteiger partial charge in [0, 0.05) is 12.7 Å². The van der Waals surface area contributed by atoms with Crippen LogP contribution in [0.4, 0.5) is 0 Å². The molecule has 2 rings (SSSR count). The fourth-order valence-electron chi connectivity index (χ4n) is 1.42. The van der Waals surface area contributed by atoms with Crippen LogP contribution in [0.25, 0.3) is 0 Å². The Bertz CT molecular complexity index is 616. The van der Waals surface area contributed by atoms with E-state index < -0.39 is 10.0 Å². The normalized spacial score (nSPS) is 11.9. The van der Waals surface area contributed by atoms with Crippen molar-refractivity contribution >= 4 is 10.0 Å². The number of hydrogen-bond donors (Lipinski definition) is 2. The van der Waals surface area contributed by atoms with Gasteiger partial charge in [0.1, 0.15) is 5.82 Å². The summed E-state index contributed by atoms with van der Waals surface area (Å²) in [6.07, 6.45) is 1.49. The summed E-state index contributed by atoms with van der Waals surface area (Å²) in [7, 11) is -3.65. The number of nitrogens with one attached hydrogen (secondary N) is 2. The summed E-state index contributed by atoms with van der Waals surface area (Å²) < 4.78 is 28.0. The second-order valence-corrected chi connectivity index (χ2v) is 5.28. The predicted octanol–water partition coefficient (Wildman–Crippen LogP) is -0.797. The number of sulfonamides is 1. The van der Waals surface area contributed by atoms with Crippen LogP contribution in [0.1, 0.15) is 18.6 Å². The third-order valence-electron chi connectivity index (χ3n) is 2.38. The maximum Gasteiger partial charge on any atom is 0.260 e. The van der Waals surface area contributed by atoms with Crippen LogP contribution >= 0.6 is 0 Å². The average molecular weight is 271 g/mol. The predicted molar refractivity (Wildman–Crippen MR) is 60.8 cm³/mol. The highest BCUT2D eigenvalue weighted by Gasteiger charge is 2.19. The first-order chi connectivity index (χ1) is 8.53. The lowest BCUT2D eigenvalue weighted by molar-refractivity contribution is 0.575. The van der Waals surface area contributed by atoms with E-state index in [9.17, 15) is 8.42 Å². The Morgan fingerprint density at radius 1 is 1.50 bits per heavy atom. The van der Waals surface area contributed by atoms with E-state index in [4.69, 9.17) is 0 Å². The van der Waals surface area contributed by atoms with Crippen molar-refractivity contribution in [1.29, 1.82) is 0 Å². The molecule has 10 heteroatoms. The molecule has 9 nitrogen and oxygen atoms in total. The summed E-state index contributed by atoms with van der Waals surface area (Å²) >= 11 is 0. The lowest BCUT2D eigenvalue weighted by Gasteiger charge is -2.00. The highest BCUT2D eigenvalue weighted by molar-refractivity contribution is 7.89. The fourth-order valence-corrected chi connectivity index (χ4v) is 2.41. The van der Waals surface area contributed by atoms with Crippen LogP contribution in [0.15, 0.2) is 11.2 Å². The van der Waals surface area contributed by atoms with Gasteiger partial charge in [0.05, 0.1) is 6.54 Å². The molecule has 0 unspecified atom stereocenters. The Hall–Kier alpha value is -1.81. The molecule has 0 aliphatic heterocycles. The van der Waals surface area contributed by atoms with E-state index in [1.165, 1.54) is 6.20 Å². The van der Waals surface area contributed by atoms with Crippen molar-refractivity contribution in [3.05, 3.63) is 17.8 Å². The molecular weight excluding hydrogens is 258 g/mol. The first kappa shape index (κ1) is 12.6. The number of aryl methyl sites for hydroxylation is 2. The first-order valence-electron chi connectivity index (χ1n) is 5.28. The third kappa shape index (κ3) is 2.54. The van der Waals surface area contributed by atoms with Gasteiger partial charge >= 0.3 is 0 Å². The van der Waals surface area contributed by atoms with Gasteiger partial charge in [0.25, 0.3) is 10.0 Å². The first-order valence-corrected chi connectivity index (χ1v) is 6.77. The Balaban J connectivity index is 2.14. The fraction of sp³-hybridized carbons (Fsp3) is 0.500. The van der Waals surface area contributed by atoms with Gasteiger partial charge < -0.3 is 4.57 Å². The smallest absolute Gasteiger partial charge is 0.260 e. The largest absolute Gasteiger partial charge is 0.334 e. The summed E-state index contributed by atoms with van der Waals surface area (Å²) in [5, 5.41) is 12.9. The van der Waals surface area contributed by atoms with Gasteiger partial charge in [-0.1, -0.05) is 5.21 Å². The molecule has 0 radical (unpaired) electrons. The molecule has 18 heavy (non-hydrogen) atoms. The number of aromatic amines is 1. The maximum atomic E-state index is 11.9. The molecule has 0 aliphatic carbocycles. The van der Waals surface area contributed by atoms with Gasteiger partial charge in [-0.05, 0) is 13.8 Å². The molecule has 0 atom stereocenters. The molecule has 98 valence electrons. The second-order valence-electron chi connectivity index (χ2n) is 3.56. The maximum absolute atomic E-state index is 11.9. The minimum Gasteiger partial charge on any atom is -0.334 e. The van der Waals surface area contributed by atoms with Gasteiger partial charge in [-0.25, -0.2) is 18.1 Å². The number of nitrogens with zero attached hydrogens (tertiary/aromatic N) is 5. The molecule has 0 saturated heterocycles. The van der Waals surface area contributed by atoms with E-state index in [-0.39, 0.29) is 17.4 Å². The zero-order valence-electron chi connectivity index (χ0n) is 9.95. The van der Waals surface area contributed by atoms with Crippen LogP contribution < -0.4 is 4.72 Å². The van der Waals surface area contributed by atoms with Crippen molar-refractivity contribution in [1.82, 2.24) is 34.9 Å². The van der Waals surface area contributed by atoms with E-state index in [1.54, 1.807) is 11.5 Å². The number of aromatic nitrogens is 6. The van der Waals surface area contributed by atoms with Crippen LogP contribution in [0.3, 0.4) is 0 Å². The monoisotopic (exact) mass is 271 g/mol. The van der Waals surface area contributed by atoms with Crippen molar-refractivity contribution in [2.45, 2.75) is 32.0 Å². The zero-order valence-corrected chi connectivity index (χ0v) is 10.8. The van der Waals surface area contributed by atoms with E-state index in [0.29, 0.717) is 12.4 Å². The zero-order chi connectivity index (χ0) is 13.2. The molecule has 0 fully saturated rings. The summed E-state index contributed by atoms with van der Waals surface area (Å²) in [5.41, 5.74) is 0. The van der Waals surface area contributed by atoms with Gasteiger partial charge in [-0.3, -0.25) is 0 Å². The van der Waals surface area contributed by atoms with Crippen LogP contribution in [0.2, 0.25) is 0 Å². The van der Waals surface area contributed by atoms with Crippen LogP contribution in [-0.4, -0.2) is 38.6 Å². The van der Waals surface area contributed by atoms with Crippen LogP contribution in [0, 0.1) is 6.92 Å². The van der Waals surface area contributed by atoms with Gasteiger partial charge in [-0.15, -0.1) is 10.2 Å². The molecule has 0 aliphatic rings. The second kappa shape index (κ2) is 4.82. The molecular formula is C8H13N7O2S. The standard InChI is InChI=1S/C8H13N7O2S/c1-3-15-5-8(10-6(15)2)18(16,17)9-4-7-11-13-14-12-7/h5,9H,3-4H2,1-2H3,(H,11,12,13,14). The Morgan fingerprint density at radius 3 is 2.83 bits per heavy atom. The average Bonchev–Trinajstić information content (AvgIpc) is 2.95. The summed E-state index contributed by atoms with van der Waals surface area (Å²) in [6, 6.07) is 0. The van der Waals surface area contributed by atoms with Gasteiger partial charge in [-0.2, -0.15) is 5.21 Å². The van der Waals surface area contributed by atoms with Crippen molar-refractivity contribution in [3.8, 4) is 0 Å². The van der Waals surface area contributed by atoms with E-state index in [1.807, 2.05) is 6.92 Å². The molecule has 0 bridgehead atoms. The minimum absolute atomic E-state index is 0.00894. The summed E-state index contributed by atoms with van der Waals surface area (Å²) in [4.78, 5) is 4.00. The Morgan fingerprint density at radius 2 is 2.28 bits per heavy atom. The van der Waals surface area contributed by atoms with Crippen molar-refractivity contribution in [2.75, 3.05) is 0 Å². The number of rotatable bonds is 5. The van der Waals surface area contributed by atoms with E-state index >= 15 is 0 Å². The number of hydrogen-bond acceptors (Lipinski definition) is 6. The SMILES string of the molecule is CCn1cc(S(=O)(=O)NCc2nn[nH]n2)nc1C. The topological polar surface area (TPSA) is 118 Å². The Kier molecular flexibility index (Phi) is 3.39. The highest BCUT2D eigenvalue weighted by Crippen LogP contribution is 2.09. The van der Waals surface area contributed by atoms with E-state index in [2.05, 4.69) is 30.3 Å². The molecule has 0 spiro atoms. The molecule has 2 aromatic rings. The lowest BCUT2D eigenvalue weighted by atomic mass is 10.6. The van der Waals surface area contributed by atoms with Crippen molar-refractivity contribution in [2.24, 2.45) is 0 Å². The molecule has 0 amide bonds. The molecule has 0 aromatic carbocycles. The van der Waals surface area contributed by atoms with Gasteiger partial charge in [0.15, 0.2) is 10.9 Å². The van der Waals surface area contributed by atoms with E-state index in [0.717, 1.165) is 0 Å². The number of imidazole rings is 1. The van der Waals surface area contributed by atoms with Crippen LogP contribution in [0.5, 0.6) is 0 Å². The minimum atomic E-state index is -3.65. The molecule has 0 saturated carbocycles. The number of H-pyrrole nitrogens is 1. The molecule has 2 heterocycles. The van der Waals surface area contributed by atoms with Crippen molar-refractivity contribution in [3.63, 3.8) is 0 Å². The quantitative estimate of drug-likeness (QED) is 0.735. The molecule has 2 aromatic heterocycles. The lowest BCUT2D eigenvalue weighted by Crippen LogP contribution is -2.24. The van der Waals surface area contributed by atoms with Gasteiger partial charge in [0.2, 0.25) is 0 Å². The van der Waals surface area contributed by atoms with Crippen molar-refractivity contribution < 1.29 is 8.42 Å².